The van der Waals surface area contributed by atoms with Gasteiger partial charge in [0.05, 0.1) is 0 Å². The van der Waals surface area contributed by atoms with Crippen LogP contribution >= 0.6 is 0 Å². The molecule has 0 N–H and O–H groups in total. The number of carbonyl (C=O) groups excluding carboxylic acids is 1. The lowest BCUT2D eigenvalue weighted by atomic mass is 10.1. The van der Waals surface area contributed by atoms with Crippen molar-refractivity contribution in [3.63, 3.8) is 0 Å². The molecular weight excluding hydrogens is 236 g/mol. The Kier molecular flexibility index (Phi) is 2.92. The van der Waals surface area contributed by atoms with Crippen LogP contribution in [0.15, 0.2) is 0 Å². The maximum atomic E-state index is 11.4. The molecule has 4 atom stereocenters. The van der Waals surface area contributed by atoms with Crippen LogP contribution in [0.4, 0.5) is 0 Å². The third-order valence-electron chi connectivity index (χ3n) is 4.08. The zero-order valence-electron chi connectivity index (χ0n) is 11.4. The smallest absolute Gasteiger partial charge is 0.338 e. The van der Waals surface area contributed by atoms with E-state index in [0.29, 0.717) is 0 Å². The summed E-state index contributed by atoms with van der Waals surface area (Å²) in [6.45, 7) is 12.9. The topological polar surface area (TPSA) is 48.1 Å². The molecular formula is C12H22O4Si. The Bertz CT molecular complexity index is 332. The third-order valence-corrected chi connectivity index (χ3v) is 8.56. The van der Waals surface area contributed by atoms with Crippen LogP contribution in [-0.2, 0) is 18.7 Å². The van der Waals surface area contributed by atoms with Gasteiger partial charge >= 0.3 is 5.97 Å². The highest BCUT2D eigenvalue weighted by atomic mass is 28.4. The molecule has 0 amide bonds. The van der Waals surface area contributed by atoms with E-state index in [4.69, 9.17) is 13.9 Å². The van der Waals surface area contributed by atoms with Crippen molar-refractivity contribution in [1.29, 1.82) is 0 Å². The first-order valence-corrected chi connectivity index (χ1v) is 9.08. The summed E-state index contributed by atoms with van der Waals surface area (Å²) >= 11 is 0. The van der Waals surface area contributed by atoms with Crippen LogP contribution in [0, 0.1) is 0 Å². The molecule has 0 spiro atoms. The second-order valence-electron chi connectivity index (χ2n) is 6.51. The number of esters is 1. The van der Waals surface area contributed by atoms with Gasteiger partial charge in [-0.1, -0.05) is 20.8 Å². The van der Waals surface area contributed by atoms with Gasteiger partial charge in [0.1, 0.15) is 18.3 Å². The Morgan fingerprint density at radius 3 is 2.41 bits per heavy atom. The molecule has 0 unspecified atom stereocenters. The summed E-state index contributed by atoms with van der Waals surface area (Å²) in [6, 6.07) is 0. The lowest BCUT2D eigenvalue weighted by Gasteiger charge is -2.40. The molecule has 4 nitrogen and oxygen atoms in total. The van der Waals surface area contributed by atoms with Crippen molar-refractivity contribution >= 4 is 14.3 Å². The van der Waals surface area contributed by atoms with Crippen LogP contribution in [0.1, 0.15) is 27.7 Å². The fraction of sp³-hybridized carbons (Fsp3) is 0.917. The summed E-state index contributed by atoms with van der Waals surface area (Å²) in [5.41, 5.74) is 0. The Labute approximate surface area is 104 Å². The normalized spacial score (nSPS) is 37.4. The highest BCUT2D eigenvalue weighted by Gasteiger charge is 2.59. The molecule has 2 saturated heterocycles. The first kappa shape index (κ1) is 13.0. The molecule has 2 aliphatic heterocycles. The second kappa shape index (κ2) is 3.80. The maximum Gasteiger partial charge on any atom is 0.338 e. The number of ether oxygens (including phenoxy) is 2. The Morgan fingerprint density at radius 2 is 1.88 bits per heavy atom. The van der Waals surface area contributed by atoms with E-state index in [1.54, 1.807) is 0 Å². The summed E-state index contributed by atoms with van der Waals surface area (Å²) in [5.74, 6) is -0.238. The highest BCUT2D eigenvalue weighted by Crippen LogP contribution is 2.42. The van der Waals surface area contributed by atoms with E-state index in [1.165, 1.54) is 0 Å². The largest absolute Gasteiger partial charge is 0.458 e. The molecule has 0 bridgehead atoms. The van der Waals surface area contributed by atoms with Gasteiger partial charge in [-0.2, -0.15) is 0 Å². The average molecular weight is 258 g/mol. The third kappa shape index (κ3) is 2.28. The predicted octanol–water partition coefficient (Wildman–Crippen LogP) is 2.09. The van der Waals surface area contributed by atoms with Gasteiger partial charge in [-0.05, 0) is 25.1 Å². The zero-order chi connectivity index (χ0) is 13.0. The van der Waals surface area contributed by atoms with Crippen LogP contribution < -0.4 is 0 Å². The summed E-state index contributed by atoms with van der Waals surface area (Å²) in [7, 11) is -1.84. The van der Waals surface area contributed by atoms with Crippen LogP contribution in [0.5, 0.6) is 0 Å². The van der Waals surface area contributed by atoms with Crippen molar-refractivity contribution in [2.75, 3.05) is 0 Å². The van der Waals surface area contributed by atoms with Gasteiger partial charge in [0.25, 0.3) is 0 Å². The van der Waals surface area contributed by atoms with E-state index in [1.807, 2.05) is 6.92 Å². The van der Waals surface area contributed by atoms with Gasteiger partial charge in [0.15, 0.2) is 14.4 Å². The van der Waals surface area contributed by atoms with E-state index < -0.39 is 8.32 Å². The van der Waals surface area contributed by atoms with E-state index in [9.17, 15) is 4.79 Å². The Hall–Kier alpha value is -0.393. The van der Waals surface area contributed by atoms with Gasteiger partial charge in [0, 0.05) is 0 Å². The molecule has 98 valence electrons. The second-order valence-corrected chi connectivity index (χ2v) is 11.3. The molecule has 17 heavy (non-hydrogen) atoms. The maximum absolute atomic E-state index is 11.4. The van der Waals surface area contributed by atoms with Crippen LogP contribution in [0.25, 0.3) is 0 Å². The van der Waals surface area contributed by atoms with Crippen molar-refractivity contribution in [1.82, 2.24) is 0 Å². The van der Waals surface area contributed by atoms with E-state index in [-0.39, 0.29) is 35.4 Å². The number of cyclic esters (lactones) is 1. The van der Waals surface area contributed by atoms with Gasteiger partial charge < -0.3 is 13.9 Å². The van der Waals surface area contributed by atoms with Crippen molar-refractivity contribution < 1.29 is 18.7 Å². The molecule has 2 aliphatic rings. The van der Waals surface area contributed by atoms with Gasteiger partial charge in [-0.15, -0.1) is 0 Å². The molecule has 0 aliphatic carbocycles. The molecule has 0 aromatic rings. The lowest BCUT2D eigenvalue weighted by Crippen LogP contribution is -2.52. The summed E-state index contributed by atoms with van der Waals surface area (Å²) in [5, 5.41) is 0.151. The number of hydrogen-bond donors (Lipinski definition) is 0. The first-order valence-electron chi connectivity index (χ1n) is 6.17. The SMILES string of the molecule is C[C@H]1OC(=O)[C@H]2O[C@H]2[C@@H]1O[Si](C)(C)C(C)(C)C. The number of hydrogen-bond acceptors (Lipinski definition) is 4. The fourth-order valence-corrected chi connectivity index (χ4v) is 3.19. The van der Waals surface area contributed by atoms with Gasteiger partial charge in [0.2, 0.25) is 0 Å². The molecule has 5 heteroatoms. The number of carbonyl (C=O) groups is 1. The molecule has 0 radical (unpaired) electrons. The molecule has 2 heterocycles. The van der Waals surface area contributed by atoms with E-state index >= 15 is 0 Å². The van der Waals surface area contributed by atoms with Crippen molar-refractivity contribution in [3.05, 3.63) is 0 Å². The average Bonchev–Trinajstić information content (AvgIpc) is 2.89. The van der Waals surface area contributed by atoms with Crippen LogP contribution in [0.2, 0.25) is 18.1 Å². The molecule has 0 saturated carbocycles. The minimum Gasteiger partial charge on any atom is -0.458 e. The molecule has 2 rings (SSSR count). The highest BCUT2D eigenvalue weighted by molar-refractivity contribution is 6.74. The van der Waals surface area contributed by atoms with Crippen molar-refractivity contribution in [2.45, 2.75) is 70.2 Å². The van der Waals surface area contributed by atoms with Gasteiger partial charge in [-0.3, -0.25) is 0 Å². The van der Waals surface area contributed by atoms with Gasteiger partial charge in [-0.25, -0.2) is 4.79 Å². The first-order chi connectivity index (χ1) is 7.63. The predicted molar refractivity (Wildman–Crippen MR) is 66.3 cm³/mol. The lowest BCUT2D eigenvalue weighted by molar-refractivity contribution is -0.157. The number of rotatable bonds is 2. The minimum atomic E-state index is -1.84. The Morgan fingerprint density at radius 1 is 1.29 bits per heavy atom. The van der Waals surface area contributed by atoms with Crippen LogP contribution in [-0.4, -0.2) is 38.7 Å². The van der Waals surface area contributed by atoms with Crippen molar-refractivity contribution in [3.8, 4) is 0 Å². The monoisotopic (exact) mass is 258 g/mol. The fourth-order valence-electron chi connectivity index (χ4n) is 1.83. The number of fused-ring (bicyclic) bond motifs is 1. The quantitative estimate of drug-likeness (QED) is 0.432. The van der Waals surface area contributed by atoms with E-state index in [2.05, 4.69) is 33.9 Å². The summed E-state index contributed by atoms with van der Waals surface area (Å²) in [4.78, 5) is 11.4. The zero-order valence-corrected chi connectivity index (χ0v) is 12.4. The molecule has 2 fully saturated rings. The minimum absolute atomic E-state index is 0.0830. The van der Waals surface area contributed by atoms with E-state index in [0.717, 1.165) is 0 Å². The molecule has 0 aromatic heterocycles. The van der Waals surface area contributed by atoms with Crippen LogP contribution in [0.3, 0.4) is 0 Å². The van der Waals surface area contributed by atoms with Crippen molar-refractivity contribution in [2.24, 2.45) is 0 Å². The summed E-state index contributed by atoms with van der Waals surface area (Å²) in [6.07, 6.45) is -0.764. The summed E-state index contributed by atoms with van der Waals surface area (Å²) < 4.78 is 16.9. The molecule has 0 aromatic carbocycles. The number of epoxide rings is 1. The standard InChI is InChI=1S/C12H22O4Si/c1-7-8(9-10(15-9)11(13)14-7)16-17(5,6)12(2,3)4/h7-10H,1-6H3/t7-,8-,9+,10+/m1/s1. The Balaban J connectivity index is 2.07.